The minimum Gasteiger partial charge on any atom is -0.465 e. The first-order valence-corrected chi connectivity index (χ1v) is 13.8. The summed E-state index contributed by atoms with van der Waals surface area (Å²) in [5, 5.41) is 8.22. The van der Waals surface area contributed by atoms with Crippen LogP contribution in [-0.2, 0) is 4.74 Å². The van der Waals surface area contributed by atoms with Crippen molar-refractivity contribution in [1.82, 2.24) is 29.2 Å². The first kappa shape index (κ1) is 38.3. The number of terminal acetylenes is 2. The summed E-state index contributed by atoms with van der Waals surface area (Å²) in [6.45, 7) is 1.54. The first-order chi connectivity index (χ1) is 21.4. The molecule has 0 aliphatic rings. The zero-order valence-corrected chi connectivity index (χ0v) is 26.5. The van der Waals surface area contributed by atoms with Crippen molar-refractivity contribution >= 4 is 54.1 Å². The van der Waals surface area contributed by atoms with E-state index < -0.39 is 0 Å². The highest BCUT2D eigenvalue weighted by molar-refractivity contribution is 14.1. The average Bonchev–Trinajstić information content (AvgIpc) is 3.69. The number of carbonyl (C=O) groups excluding carboxylic acids is 2. The molecule has 0 aliphatic carbocycles. The summed E-state index contributed by atoms with van der Waals surface area (Å²) in [6.07, 6.45) is 19.9. The lowest BCUT2D eigenvalue weighted by Crippen LogP contribution is -2.00. The molecule has 227 valence electrons. The van der Waals surface area contributed by atoms with Gasteiger partial charge in [0, 0.05) is 35.5 Å². The minimum atomic E-state index is -0.288. The molecule has 0 bridgehead atoms. The zero-order chi connectivity index (χ0) is 31.9. The van der Waals surface area contributed by atoms with E-state index in [2.05, 4.69) is 78.1 Å². The molecule has 6 rings (SSSR count). The number of rotatable bonds is 2. The number of carbonyl (C=O) groups is 2. The molecule has 0 fully saturated rings. The van der Waals surface area contributed by atoms with Crippen LogP contribution in [0.1, 0.15) is 52.0 Å². The number of benzene rings is 2. The maximum absolute atomic E-state index is 11.3. The Labute approximate surface area is 284 Å². The number of Topliss-reactive ketones (excluding diaryl/α,β-unsaturated/α-hetero) is 1. The van der Waals surface area contributed by atoms with Gasteiger partial charge in [-0.2, -0.15) is 10.2 Å². The number of nitrogens with zero attached hydrogens (tertiary/aromatic N) is 6. The topological polar surface area (TPSA) is 104 Å². The second kappa shape index (κ2) is 19.5. The third kappa shape index (κ3) is 10.5. The van der Waals surface area contributed by atoms with Crippen LogP contribution in [0.4, 0.5) is 0 Å². The average molecular weight is 719 g/mol. The molecular weight excluding hydrogens is 690 g/mol. The van der Waals surface area contributed by atoms with Crippen molar-refractivity contribution < 1.29 is 14.3 Å². The maximum Gasteiger partial charge on any atom is 0.337 e. The van der Waals surface area contributed by atoms with Crippen LogP contribution < -0.4 is 0 Å². The van der Waals surface area contributed by atoms with Crippen LogP contribution in [0.3, 0.4) is 0 Å². The highest BCUT2D eigenvalue weighted by atomic mass is 127. The highest BCUT2D eigenvalue weighted by Gasteiger charge is 2.04. The summed E-state index contributed by atoms with van der Waals surface area (Å²) < 4.78 is 8.89. The summed E-state index contributed by atoms with van der Waals surface area (Å²) in [4.78, 5) is 30.5. The largest absolute Gasteiger partial charge is 0.465 e. The molecule has 0 saturated heterocycles. The van der Waals surface area contributed by atoms with Gasteiger partial charge < -0.3 is 4.74 Å². The molecule has 9 nitrogen and oxygen atoms in total. The second-order valence-electron chi connectivity index (χ2n) is 8.41. The number of esters is 1. The number of hydrogen-bond donors (Lipinski definition) is 0. The molecule has 0 unspecified atom stereocenters. The number of aromatic nitrogens is 6. The van der Waals surface area contributed by atoms with Crippen LogP contribution in [0.25, 0.3) is 11.3 Å². The van der Waals surface area contributed by atoms with Crippen LogP contribution >= 0.6 is 22.6 Å². The van der Waals surface area contributed by atoms with Crippen molar-refractivity contribution in [3.63, 3.8) is 0 Å². The highest BCUT2D eigenvalue weighted by Crippen LogP contribution is 2.09. The van der Waals surface area contributed by atoms with E-state index in [4.69, 9.17) is 6.42 Å². The van der Waals surface area contributed by atoms with Crippen LogP contribution in [0.2, 0.25) is 0 Å². The lowest BCUT2D eigenvalue weighted by molar-refractivity contribution is 0.0600. The molecule has 0 saturated carbocycles. The Kier molecular flexibility index (Phi) is 16.3. The standard InChI is InChI=1S/C16H11N3O.C8H7IO2.C8H5N3.C2H2.CH4.B/c1-12(20)14-5-2-4-13(10-14)7-8-15-11-17-16-6-3-9-18-19(15)16;1-11-8(10)6-3-2-4-7(9)5-6;1-2-7-6-9-8-4-3-5-10-11(7)8;1-2;;/h2-6,9-11H,1H3;2-5H,1H3;1,3-6H;1-2H;1H4;. The molecule has 0 N–H and O–H groups in total. The van der Waals surface area contributed by atoms with Gasteiger partial charge in [0.1, 0.15) is 11.4 Å². The number of methoxy groups -OCH3 is 1. The number of halogens is 1. The molecule has 2 aromatic carbocycles. The monoisotopic (exact) mass is 719 g/mol. The molecule has 4 heterocycles. The minimum absolute atomic E-state index is 0. The van der Waals surface area contributed by atoms with E-state index >= 15 is 0 Å². The van der Waals surface area contributed by atoms with Crippen molar-refractivity contribution in [1.29, 1.82) is 0 Å². The van der Waals surface area contributed by atoms with E-state index in [0.717, 1.165) is 20.4 Å². The number of imidazole rings is 2. The third-order valence-electron chi connectivity index (χ3n) is 5.55. The summed E-state index contributed by atoms with van der Waals surface area (Å²) in [5.41, 5.74) is 4.99. The van der Waals surface area contributed by atoms with Crippen molar-refractivity contribution in [3.8, 4) is 37.0 Å². The van der Waals surface area contributed by atoms with Crippen LogP contribution in [0, 0.1) is 40.6 Å². The summed E-state index contributed by atoms with van der Waals surface area (Å²) in [6, 6.07) is 21.9. The van der Waals surface area contributed by atoms with E-state index in [-0.39, 0.29) is 27.6 Å². The van der Waals surface area contributed by atoms with Crippen LogP contribution in [0.5, 0.6) is 0 Å². The second-order valence-corrected chi connectivity index (χ2v) is 9.65. The molecular formula is C35H29BIN6O3. The van der Waals surface area contributed by atoms with Gasteiger partial charge in [-0.3, -0.25) is 4.79 Å². The quantitative estimate of drug-likeness (QED) is 0.0753. The van der Waals surface area contributed by atoms with E-state index in [1.807, 2.05) is 48.5 Å². The number of hydrogen-bond acceptors (Lipinski definition) is 7. The Morgan fingerprint density at radius 3 is 1.93 bits per heavy atom. The molecule has 11 heteroatoms. The smallest absolute Gasteiger partial charge is 0.337 e. The van der Waals surface area contributed by atoms with Gasteiger partial charge in [0.05, 0.1) is 25.1 Å². The predicted molar refractivity (Wildman–Crippen MR) is 189 cm³/mol. The lowest BCUT2D eigenvalue weighted by Gasteiger charge is -1.97. The van der Waals surface area contributed by atoms with Gasteiger partial charge in [0.25, 0.3) is 0 Å². The Hall–Kier alpha value is -5.71. The van der Waals surface area contributed by atoms with Gasteiger partial charge in [0.2, 0.25) is 0 Å². The van der Waals surface area contributed by atoms with Crippen LogP contribution in [0.15, 0.2) is 97.6 Å². The molecule has 4 aromatic heterocycles. The van der Waals surface area contributed by atoms with Gasteiger partial charge in [-0.15, -0.1) is 19.3 Å². The van der Waals surface area contributed by atoms with Crippen molar-refractivity contribution in [2.45, 2.75) is 14.4 Å². The molecule has 0 amide bonds. The van der Waals surface area contributed by atoms with Gasteiger partial charge in [-0.05, 0) is 96.0 Å². The van der Waals surface area contributed by atoms with Gasteiger partial charge >= 0.3 is 5.97 Å². The molecule has 46 heavy (non-hydrogen) atoms. The SMILES string of the molecule is C.C#C.C#Cc1cnc2cccnn12.CC(=O)c1cccc(C#Cc2cnc3cccnn23)c1.COC(=O)c1cccc(I)c1.[B]. The number of ether oxygens (including phenoxy) is 1. The molecule has 0 aliphatic heterocycles. The van der Waals surface area contributed by atoms with Gasteiger partial charge in [-0.1, -0.05) is 31.5 Å². The summed E-state index contributed by atoms with van der Waals surface area (Å²) in [7, 11) is 1.38. The predicted octanol–water partition coefficient (Wildman–Crippen LogP) is 5.62. The van der Waals surface area contributed by atoms with Crippen molar-refractivity contribution in [2.75, 3.05) is 7.11 Å². The third-order valence-corrected chi connectivity index (χ3v) is 6.22. The maximum atomic E-state index is 11.3. The lowest BCUT2D eigenvalue weighted by atomic mass is 10.1. The summed E-state index contributed by atoms with van der Waals surface area (Å²) >= 11 is 2.15. The van der Waals surface area contributed by atoms with Gasteiger partial charge in [0.15, 0.2) is 17.1 Å². The summed E-state index contributed by atoms with van der Waals surface area (Å²) in [5.74, 6) is 8.29. The van der Waals surface area contributed by atoms with Crippen LogP contribution in [-0.4, -0.2) is 56.5 Å². The fourth-order valence-electron chi connectivity index (χ4n) is 3.53. The fourth-order valence-corrected chi connectivity index (χ4v) is 4.07. The van der Waals surface area contributed by atoms with Crippen molar-refractivity contribution in [2.24, 2.45) is 0 Å². The number of ketones is 1. The van der Waals surface area contributed by atoms with Crippen molar-refractivity contribution in [3.05, 3.63) is 129 Å². The molecule has 0 spiro atoms. The van der Waals surface area contributed by atoms with E-state index in [1.54, 1.807) is 65.0 Å². The Morgan fingerprint density at radius 2 is 1.37 bits per heavy atom. The Morgan fingerprint density at radius 1 is 0.804 bits per heavy atom. The molecule has 3 radical (unpaired) electrons. The Balaban J connectivity index is 0.000000351. The Bertz CT molecular complexity index is 2030. The number of fused-ring (bicyclic) bond motifs is 2. The fraction of sp³-hybridized carbons (Fsp3) is 0.0857. The molecule has 0 atom stereocenters. The normalized spacial score (nSPS) is 8.96. The van der Waals surface area contributed by atoms with E-state index in [0.29, 0.717) is 22.5 Å². The first-order valence-electron chi connectivity index (χ1n) is 12.7. The molecule has 6 aromatic rings. The van der Waals surface area contributed by atoms with E-state index in [1.165, 1.54) is 7.11 Å². The van der Waals surface area contributed by atoms with Gasteiger partial charge in [-0.25, -0.2) is 23.8 Å². The zero-order valence-electron chi connectivity index (χ0n) is 24.3. The van der Waals surface area contributed by atoms with E-state index in [9.17, 15) is 9.59 Å².